The number of halogens is 1. The number of methoxy groups -OCH3 is 2. The van der Waals surface area contributed by atoms with Gasteiger partial charge in [0, 0.05) is 20.5 Å². The fraction of sp³-hybridized carbons (Fsp3) is 0.238. The summed E-state index contributed by atoms with van der Waals surface area (Å²) in [5.74, 6) is 1.14. The first-order chi connectivity index (χ1) is 13.5. The minimum atomic E-state index is -0.178. The van der Waals surface area contributed by atoms with Gasteiger partial charge in [0.2, 0.25) is 0 Å². The van der Waals surface area contributed by atoms with Crippen molar-refractivity contribution in [2.24, 2.45) is 0 Å². The zero-order valence-electron chi connectivity index (χ0n) is 15.9. The second-order valence-corrected chi connectivity index (χ2v) is 8.07. The van der Waals surface area contributed by atoms with Gasteiger partial charge in [-0.2, -0.15) is 0 Å². The van der Waals surface area contributed by atoms with Gasteiger partial charge in [-0.3, -0.25) is 10.1 Å². The largest absolute Gasteiger partial charge is 0.493 e. The monoisotopic (exact) mass is 460 g/mol. The van der Waals surface area contributed by atoms with Crippen molar-refractivity contribution in [2.45, 2.75) is 19.8 Å². The number of benzene rings is 2. The summed E-state index contributed by atoms with van der Waals surface area (Å²) in [6.07, 6.45) is 1.87. The number of hydrogen-bond acceptors (Lipinski definition) is 5. The van der Waals surface area contributed by atoms with E-state index in [0.717, 1.165) is 33.4 Å². The Balaban J connectivity index is 1.91. The number of amides is 1. The molecule has 0 aliphatic heterocycles. The number of carbonyl (C=O) groups is 1. The number of nitrogens with one attached hydrogen (secondary N) is 1. The van der Waals surface area contributed by atoms with E-state index in [0.29, 0.717) is 22.2 Å². The molecule has 0 aliphatic rings. The quantitative estimate of drug-likeness (QED) is 0.484. The fourth-order valence-corrected chi connectivity index (χ4v) is 4.13. The van der Waals surface area contributed by atoms with Crippen molar-refractivity contribution in [3.05, 3.63) is 57.4 Å². The van der Waals surface area contributed by atoms with Crippen LogP contribution in [-0.2, 0) is 6.42 Å². The van der Waals surface area contributed by atoms with Crippen LogP contribution < -0.4 is 14.8 Å². The van der Waals surface area contributed by atoms with E-state index in [-0.39, 0.29) is 5.91 Å². The Morgan fingerprint density at radius 2 is 1.82 bits per heavy atom. The summed E-state index contributed by atoms with van der Waals surface area (Å²) >= 11 is 4.88. The molecule has 28 heavy (non-hydrogen) atoms. The fourth-order valence-electron chi connectivity index (χ4n) is 2.78. The van der Waals surface area contributed by atoms with E-state index in [1.807, 2.05) is 30.3 Å². The van der Waals surface area contributed by atoms with Gasteiger partial charge in [0.15, 0.2) is 16.6 Å². The van der Waals surface area contributed by atoms with Gasteiger partial charge in [0.05, 0.1) is 19.9 Å². The van der Waals surface area contributed by atoms with Crippen molar-refractivity contribution >= 4 is 38.3 Å². The topological polar surface area (TPSA) is 60.5 Å². The van der Waals surface area contributed by atoms with Crippen molar-refractivity contribution in [3.63, 3.8) is 0 Å². The third-order valence-corrected chi connectivity index (χ3v) is 5.72. The van der Waals surface area contributed by atoms with Crippen LogP contribution >= 0.6 is 27.3 Å². The van der Waals surface area contributed by atoms with Crippen LogP contribution in [0, 0.1) is 0 Å². The minimum Gasteiger partial charge on any atom is -0.493 e. The van der Waals surface area contributed by atoms with Gasteiger partial charge in [-0.15, -0.1) is 11.3 Å². The number of aryl methyl sites for hydroxylation is 1. The van der Waals surface area contributed by atoms with Crippen LogP contribution in [0.1, 0.15) is 28.6 Å². The molecular formula is C21H21BrN2O3S. The average Bonchev–Trinajstić information content (AvgIpc) is 3.10. The van der Waals surface area contributed by atoms with E-state index in [4.69, 9.17) is 14.5 Å². The molecule has 0 unspecified atom stereocenters. The minimum absolute atomic E-state index is 0.178. The first-order valence-corrected chi connectivity index (χ1v) is 10.5. The summed E-state index contributed by atoms with van der Waals surface area (Å²) < 4.78 is 11.7. The van der Waals surface area contributed by atoms with Crippen LogP contribution in [0.15, 0.2) is 46.9 Å². The second-order valence-electron chi connectivity index (χ2n) is 6.07. The zero-order valence-corrected chi connectivity index (χ0v) is 18.3. The summed E-state index contributed by atoms with van der Waals surface area (Å²) in [4.78, 5) is 18.3. The number of thiazole rings is 1. The number of ether oxygens (including phenoxy) is 2. The molecule has 0 bridgehead atoms. The Labute approximate surface area is 176 Å². The Hall–Kier alpha value is -2.38. The molecule has 0 radical (unpaired) electrons. The van der Waals surface area contributed by atoms with Crippen LogP contribution in [0.4, 0.5) is 5.13 Å². The summed E-state index contributed by atoms with van der Waals surface area (Å²) in [5.41, 5.74) is 2.38. The molecule has 1 N–H and O–H groups in total. The summed E-state index contributed by atoms with van der Waals surface area (Å²) in [7, 11) is 3.22. The molecule has 0 saturated heterocycles. The number of anilines is 1. The number of nitrogens with zero attached hydrogens (tertiary/aromatic N) is 1. The predicted octanol–water partition coefficient (Wildman–Crippen LogP) is 5.79. The molecule has 0 atom stereocenters. The van der Waals surface area contributed by atoms with Gasteiger partial charge < -0.3 is 9.47 Å². The number of carbonyl (C=O) groups excluding carboxylic acids is 1. The van der Waals surface area contributed by atoms with Gasteiger partial charge >= 0.3 is 0 Å². The first kappa shape index (κ1) is 20.4. The van der Waals surface area contributed by atoms with E-state index in [1.54, 1.807) is 26.4 Å². The third-order valence-electron chi connectivity index (χ3n) is 4.16. The SMILES string of the molecule is CCCc1sc(NC(=O)c2ccc(Br)cc2)nc1-c1ccc(OC)c(OC)c1. The van der Waals surface area contributed by atoms with E-state index in [9.17, 15) is 4.79 Å². The highest BCUT2D eigenvalue weighted by atomic mass is 79.9. The lowest BCUT2D eigenvalue weighted by atomic mass is 10.1. The summed E-state index contributed by atoms with van der Waals surface area (Å²) in [5, 5.41) is 3.50. The number of hydrogen-bond donors (Lipinski definition) is 1. The van der Waals surface area contributed by atoms with Crippen LogP contribution in [0.3, 0.4) is 0 Å². The van der Waals surface area contributed by atoms with E-state index >= 15 is 0 Å². The molecule has 3 aromatic rings. The molecule has 0 spiro atoms. The molecule has 5 nitrogen and oxygen atoms in total. The van der Waals surface area contributed by atoms with Crippen molar-refractivity contribution in [2.75, 3.05) is 19.5 Å². The summed E-state index contributed by atoms with van der Waals surface area (Å²) in [6, 6.07) is 13.0. The Bertz CT molecular complexity index is 970. The van der Waals surface area contributed by atoms with Gasteiger partial charge in [-0.05, 0) is 48.9 Å². The maximum absolute atomic E-state index is 12.5. The van der Waals surface area contributed by atoms with Crippen LogP contribution in [0.25, 0.3) is 11.3 Å². The molecule has 1 amide bonds. The summed E-state index contributed by atoms with van der Waals surface area (Å²) in [6.45, 7) is 2.12. The molecule has 3 rings (SSSR count). The van der Waals surface area contributed by atoms with Gasteiger partial charge in [-0.1, -0.05) is 29.3 Å². The molecule has 1 heterocycles. The first-order valence-electron chi connectivity index (χ1n) is 8.84. The second kappa shape index (κ2) is 9.21. The zero-order chi connectivity index (χ0) is 20.1. The van der Waals surface area contributed by atoms with Crippen molar-refractivity contribution < 1.29 is 14.3 Å². The average molecular weight is 461 g/mol. The highest BCUT2D eigenvalue weighted by molar-refractivity contribution is 9.10. The lowest BCUT2D eigenvalue weighted by Gasteiger charge is -2.09. The van der Waals surface area contributed by atoms with E-state index < -0.39 is 0 Å². The predicted molar refractivity (Wildman–Crippen MR) is 117 cm³/mol. The van der Waals surface area contributed by atoms with Crippen molar-refractivity contribution in [1.82, 2.24) is 4.98 Å². The lowest BCUT2D eigenvalue weighted by Crippen LogP contribution is -2.11. The Morgan fingerprint density at radius 3 is 2.46 bits per heavy atom. The van der Waals surface area contributed by atoms with Crippen LogP contribution in [0.5, 0.6) is 11.5 Å². The molecule has 146 valence electrons. The molecule has 2 aromatic carbocycles. The Kier molecular flexibility index (Phi) is 6.70. The molecule has 1 aromatic heterocycles. The highest BCUT2D eigenvalue weighted by Crippen LogP contribution is 2.37. The third kappa shape index (κ3) is 4.54. The lowest BCUT2D eigenvalue weighted by molar-refractivity contribution is 0.102. The molecule has 0 aliphatic carbocycles. The van der Waals surface area contributed by atoms with Crippen LogP contribution in [-0.4, -0.2) is 25.1 Å². The Morgan fingerprint density at radius 1 is 1.11 bits per heavy atom. The van der Waals surface area contributed by atoms with Crippen LogP contribution in [0.2, 0.25) is 0 Å². The normalized spacial score (nSPS) is 10.6. The van der Waals surface area contributed by atoms with Gasteiger partial charge in [-0.25, -0.2) is 4.98 Å². The number of rotatable bonds is 7. The maximum atomic E-state index is 12.5. The van der Waals surface area contributed by atoms with E-state index in [1.165, 1.54) is 11.3 Å². The highest BCUT2D eigenvalue weighted by Gasteiger charge is 2.17. The maximum Gasteiger partial charge on any atom is 0.257 e. The molecule has 0 fully saturated rings. The van der Waals surface area contributed by atoms with E-state index in [2.05, 4.69) is 28.2 Å². The smallest absolute Gasteiger partial charge is 0.257 e. The molecular weight excluding hydrogens is 440 g/mol. The standard InChI is InChI=1S/C21H21BrN2O3S/c1-4-5-18-19(14-8-11-16(26-2)17(12-14)27-3)23-21(28-18)24-20(25)13-6-9-15(22)10-7-13/h6-12H,4-5H2,1-3H3,(H,23,24,25). The van der Waals surface area contributed by atoms with Crippen molar-refractivity contribution in [1.29, 1.82) is 0 Å². The number of aromatic nitrogens is 1. The molecule has 7 heteroatoms. The molecule has 0 saturated carbocycles. The van der Waals surface area contributed by atoms with Gasteiger partial charge in [0.1, 0.15) is 0 Å². The van der Waals surface area contributed by atoms with Gasteiger partial charge in [0.25, 0.3) is 5.91 Å². The van der Waals surface area contributed by atoms with Crippen molar-refractivity contribution in [3.8, 4) is 22.8 Å².